The highest BCUT2D eigenvalue weighted by Gasteiger charge is 2.33. The van der Waals surface area contributed by atoms with Crippen LogP contribution in [0.4, 0.5) is 0 Å². The first-order valence-electron chi connectivity index (χ1n) is 13.7. The summed E-state index contributed by atoms with van der Waals surface area (Å²) in [7, 11) is 0. The van der Waals surface area contributed by atoms with Gasteiger partial charge in [-0.3, -0.25) is 14.7 Å². The molecule has 5 rings (SSSR count). The van der Waals surface area contributed by atoms with Crippen LogP contribution in [0.5, 0.6) is 11.5 Å². The van der Waals surface area contributed by atoms with Crippen molar-refractivity contribution < 1.29 is 24.2 Å². The molecule has 4 aromatic rings. The number of carboxylic acids is 1. The smallest absolute Gasteiger partial charge is 0.335 e. The third-order valence-electron chi connectivity index (χ3n) is 6.52. The SMILES string of the molecule is CCOc1cc(/C=C2/SC(=NCc3ccccc3)N(Cc3ccccc3)C2=O)cc(Br)c1OCc1ccc(C(=O)O)cc1. The maximum Gasteiger partial charge on any atom is 0.335 e. The monoisotopic (exact) mass is 656 g/mol. The molecule has 0 aliphatic carbocycles. The first-order valence-corrected chi connectivity index (χ1v) is 15.3. The second-order valence-electron chi connectivity index (χ2n) is 9.63. The molecular formula is C34H29BrN2O5S. The van der Waals surface area contributed by atoms with Crippen LogP contribution in [0.1, 0.15) is 39.5 Å². The summed E-state index contributed by atoms with van der Waals surface area (Å²) < 4.78 is 12.7. The number of aliphatic imine (C=N–C) groups is 1. The molecule has 1 heterocycles. The van der Waals surface area contributed by atoms with Gasteiger partial charge in [-0.25, -0.2) is 4.79 Å². The number of amidine groups is 1. The third-order valence-corrected chi connectivity index (χ3v) is 8.16. The van der Waals surface area contributed by atoms with E-state index in [-0.39, 0.29) is 18.1 Å². The van der Waals surface area contributed by atoms with Gasteiger partial charge in [0.1, 0.15) is 6.61 Å². The van der Waals surface area contributed by atoms with E-state index in [1.165, 1.54) is 11.8 Å². The minimum absolute atomic E-state index is 0.111. The normalized spacial score (nSPS) is 14.8. The Hall–Kier alpha value is -4.34. The van der Waals surface area contributed by atoms with E-state index in [9.17, 15) is 9.59 Å². The number of hydrogen-bond donors (Lipinski definition) is 1. The molecule has 0 unspecified atom stereocenters. The van der Waals surface area contributed by atoms with Crippen LogP contribution >= 0.6 is 27.7 Å². The highest BCUT2D eigenvalue weighted by atomic mass is 79.9. The number of halogens is 1. The van der Waals surface area contributed by atoms with Gasteiger partial charge in [-0.05, 0) is 87.2 Å². The molecule has 1 fully saturated rings. The Labute approximate surface area is 263 Å². The van der Waals surface area contributed by atoms with Crippen LogP contribution in [0.2, 0.25) is 0 Å². The van der Waals surface area contributed by atoms with Crippen molar-refractivity contribution in [3.63, 3.8) is 0 Å². The number of ether oxygens (including phenoxy) is 2. The summed E-state index contributed by atoms with van der Waals surface area (Å²) in [5.74, 6) is -0.0388. The molecular weight excluding hydrogens is 628 g/mol. The fraction of sp³-hybridized carbons (Fsp3) is 0.147. The average molecular weight is 658 g/mol. The minimum Gasteiger partial charge on any atom is -0.490 e. The average Bonchev–Trinajstić information content (AvgIpc) is 3.30. The lowest BCUT2D eigenvalue weighted by Gasteiger charge is -2.16. The highest BCUT2D eigenvalue weighted by Crippen LogP contribution is 2.40. The van der Waals surface area contributed by atoms with E-state index in [0.717, 1.165) is 22.3 Å². The molecule has 0 radical (unpaired) electrons. The van der Waals surface area contributed by atoms with Crippen molar-refractivity contribution in [2.24, 2.45) is 4.99 Å². The number of amides is 1. The third kappa shape index (κ3) is 7.74. The Balaban J connectivity index is 1.40. The molecule has 0 aromatic heterocycles. The van der Waals surface area contributed by atoms with Gasteiger partial charge in [-0.2, -0.15) is 0 Å². The number of hydrogen-bond acceptors (Lipinski definition) is 6. The molecule has 1 aliphatic rings. The molecule has 0 spiro atoms. The Morgan fingerprint density at radius 3 is 2.26 bits per heavy atom. The molecule has 218 valence electrons. The number of carbonyl (C=O) groups is 2. The molecule has 43 heavy (non-hydrogen) atoms. The van der Waals surface area contributed by atoms with Gasteiger partial charge < -0.3 is 14.6 Å². The Morgan fingerprint density at radius 2 is 1.60 bits per heavy atom. The maximum absolute atomic E-state index is 13.7. The zero-order valence-electron chi connectivity index (χ0n) is 23.4. The van der Waals surface area contributed by atoms with Gasteiger partial charge in [0.2, 0.25) is 0 Å². The lowest BCUT2D eigenvalue weighted by molar-refractivity contribution is -0.122. The summed E-state index contributed by atoms with van der Waals surface area (Å²) in [6.45, 7) is 3.43. The van der Waals surface area contributed by atoms with E-state index in [1.807, 2.05) is 85.8 Å². The second kappa shape index (κ2) is 14.2. The van der Waals surface area contributed by atoms with E-state index in [2.05, 4.69) is 15.9 Å². The predicted molar refractivity (Wildman–Crippen MR) is 173 cm³/mol. The number of aromatic carboxylic acids is 1. The molecule has 4 aromatic carbocycles. The molecule has 1 aliphatic heterocycles. The minimum atomic E-state index is -0.977. The van der Waals surface area contributed by atoms with Gasteiger partial charge in [-0.1, -0.05) is 72.8 Å². The van der Waals surface area contributed by atoms with Crippen molar-refractivity contribution in [1.82, 2.24) is 4.90 Å². The Kier molecular flexibility index (Phi) is 9.96. The van der Waals surface area contributed by atoms with Crippen LogP contribution in [0.15, 0.2) is 111 Å². The van der Waals surface area contributed by atoms with Gasteiger partial charge >= 0.3 is 5.97 Å². The maximum atomic E-state index is 13.7. The zero-order chi connectivity index (χ0) is 30.2. The van der Waals surface area contributed by atoms with Crippen LogP contribution < -0.4 is 9.47 Å². The molecule has 1 amide bonds. The number of rotatable bonds is 11. The van der Waals surface area contributed by atoms with Crippen LogP contribution in [0, 0.1) is 0 Å². The van der Waals surface area contributed by atoms with Crippen molar-refractivity contribution in [3.05, 3.63) is 134 Å². The molecule has 0 bridgehead atoms. The summed E-state index contributed by atoms with van der Waals surface area (Å²) in [6.07, 6.45) is 1.84. The first-order chi connectivity index (χ1) is 20.9. The summed E-state index contributed by atoms with van der Waals surface area (Å²) in [5.41, 5.74) is 3.89. The second-order valence-corrected chi connectivity index (χ2v) is 11.5. The molecule has 0 saturated carbocycles. The standard InChI is InChI=1S/C34H29BrN2O5S/c1-2-41-29-18-26(17-28(35)31(29)42-22-25-13-15-27(16-14-25)33(39)40)19-30-32(38)37(21-24-11-7-4-8-12-24)34(43-30)36-20-23-9-5-3-6-10-23/h3-19H,2,20-22H2,1H3,(H,39,40)/b30-19+,36-34?. The topological polar surface area (TPSA) is 88.4 Å². The van der Waals surface area contributed by atoms with Gasteiger partial charge in [-0.15, -0.1) is 0 Å². The zero-order valence-corrected chi connectivity index (χ0v) is 25.8. The van der Waals surface area contributed by atoms with Crippen molar-refractivity contribution in [2.75, 3.05) is 6.61 Å². The number of carboxylic acid groups (broad SMARTS) is 1. The predicted octanol–water partition coefficient (Wildman–Crippen LogP) is 7.80. The fourth-order valence-electron chi connectivity index (χ4n) is 4.40. The summed E-state index contributed by atoms with van der Waals surface area (Å²) in [5, 5.41) is 9.79. The Morgan fingerprint density at radius 1 is 0.930 bits per heavy atom. The summed E-state index contributed by atoms with van der Waals surface area (Å²) >= 11 is 4.98. The Bertz CT molecular complexity index is 1660. The van der Waals surface area contributed by atoms with Crippen LogP contribution in [0.25, 0.3) is 6.08 Å². The van der Waals surface area contributed by atoms with E-state index in [1.54, 1.807) is 29.2 Å². The van der Waals surface area contributed by atoms with Crippen LogP contribution in [0.3, 0.4) is 0 Å². The number of nitrogens with zero attached hydrogens (tertiary/aromatic N) is 2. The van der Waals surface area contributed by atoms with E-state index < -0.39 is 5.97 Å². The lowest BCUT2D eigenvalue weighted by atomic mass is 10.1. The highest BCUT2D eigenvalue weighted by molar-refractivity contribution is 9.10. The van der Waals surface area contributed by atoms with E-state index >= 15 is 0 Å². The number of thioether (sulfide) groups is 1. The van der Waals surface area contributed by atoms with Crippen molar-refractivity contribution in [3.8, 4) is 11.5 Å². The van der Waals surface area contributed by atoms with Gasteiger partial charge in [0.15, 0.2) is 16.7 Å². The molecule has 0 atom stereocenters. The first kappa shape index (κ1) is 30.1. The van der Waals surface area contributed by atoms with Crippen LogP contribution in [-0.4, -0.2) is 33.7 Å². The molecule has 7 nitrogen and oxygen atoms in total. The largest absolute Gasteiger partial charge is 0.490 e. The summed E-state index contributed by atoms with van der Waals surface area (Å²) in [6, 6.07) is 30.1. The van der Waals surface area contributed by atoms with Gasteiger partial charge in [0, 0.05) is 0 Å². The van der Waals surface area contributed by atoms with Gasteiger partial charge in [0.05, 0.1) is 34.6 Å². The fourth-order valence-corrected chi connectivity index (χ4v) is 5.95. The lowest BCUT2D eigenvalue weighted by Crippen LogP contribution is -2.28. The molecule has 1 saturated heterocycles. The van der Waals surface area contributed by atoms with Crippen LogP contribution in [-0.2, 0) is 24.5 Å². The van der Waals surface area contributed by atoms with Crippen molar-refractivity contribution >= 4 is 50.8 Å². The van der Waals surface area contributed by atoms with Crippen molar-refractivity contribution in [2.45, 2.75) is 26.6 Å². The van der Waals surface area contributed by atoms with E-state index in [0.29, 0.717) is 45.7 Å². The summed E-state index contributed by atoms with van der Waals surface area (Å²) in [4.78, 5) is 31.9. The van der Waals surface area contributed by atoms with Gasteiger partial charge in [0.25, 0.3) is 5.91 Å². The number of carbonyl (C=O) groups excluding carboxylic acids is 1. The quantitative estimate of drug-likeness (QED) is 0.166. The molecule has 1 N–H and O–H groups in total. The number of benzene rings is 4. The van der Waals surface area contributed by atoms with Crippen molar-refractivity contribution in [1.29, 1.82) is 0 Å². The van der Waals surface area contributed by atoms with E-state index in [4.69, 9.17) is 19.6 Å². The molecule has 9 heteroatoms.